The van der Waals surface area contributed by atoms with Crippen LogP contribution in [0, 0.1) is 11.8 Å². The molecule has 1 aromatic rings. The number of nitrogens with zero attached hydrogens (tertiary/aromatic N) is 2. The van der Waals surface area contributed by atoms with Crippen LogP contribution in [0.15, 0.2) is 30.4 Å². The maximum Gasteiger partial charge on any atom is 0.262 e. The summed E-state index contributed by atoms with van der Waals surface area (Å²) in [6, 6.07) is 4.94. The molecule has 4 amide bonds. The number of hydrogen-bond donors (Lipinski definition) is 2. The molecule has 5 unspecified atom stereocenters. The molecule has 2 heterocycles. The van der Waals surface area contributed by atoms with Gasteiger partial charge in [0, 0.05) is 25.2 Å². The van der Waals surface area contributed by atoms with Crippen molar-refractivity contribution in [2.45, 2.75) is 37.4 Å². The van der Waals surface area contributed by atoms with E-state index < -0.39 is 23.8 Å². The standard InChI is InChI=1S/C22H24N4O4/c1-23-18-11-3-4-12(9-11)19(18)25(2)13-5-6-14-15(10-13)22(30)26(21(14)29)16-7-8-17(27)24-20(16)28/h3-6,10-12,16,18-19,23H,7-9H2,1-2H3,(H,24,27,28). The number of piperidine rings is 1. The van der Waals surface area contributed by atoms with E-state index in [-0.39, 0.29) is 24.8 Å². The highest BCUT2D eigenvalue weighted by molar-refractivity contribution is 6.23. The summed E-state index contributed by atoms with van der Waals surface area (Å²) in [7, 11) is 3.99. The molecule has 1 saturated carbocycles. The van der Waals surface area contributed by atoms with E-state index in [0.29, 0.717) is 29.0 Å². The van der Waals surface area contributed by atoms with Crippen LogP contribution in [-0.2, 0) is 9.59 Å². The second-order valence-electron chi connectivity index (χ2n) is 8.54. The second kappa shape index (κ2) is 6.77. The zero-order valence-corrected chi connectivity index (χ0v) is 16.9. The van der Waals surface area contributed by atoms with Gasteiger partial charge in [-0.05, 0) is 49.9 Å². The lowest BCUT2D eigenvalue weighted by Crippen LogP contribution is -2.54. The fourth-order valence-electron chi connectivity index (χ4n) is 5.56. The Morgan fingerprint density at radius 3 is 2.53 bits per heavy atom. The Hall–Kier alpha value is -3.00. The van der Waals surface area contributed by atoms with Crippen LogP contribution < -0.4 is 15.5 Å². The SMILES string of the molecule is CNC1C2C=CC(C2)C1N(C)c1ccc2c(c1)C(=O)N(C1CCC(=O)NC1=O)C2=O. The highest BCUT2D eigenvalue weighted by atomic mass is 16.2. The van der Waals surface area contributed by atoms with Gasteiger partial charge in [0.05, 0.1) is 17.2 Å². The van der Waals surface area contributed by atoms with Crippen molar-refractivity contribution in [3.63, 3.8) is 0 Å². The van der Waals surface area contributed by atoms with Crippen molar-refractivity contribution in [1.82, 2.24) is 15.5 Å². The first-order valence-electron chi connectivity index (χ1n) is 10.3. The van der Waals surface area contributed by atoms with Crippen molar-refractivity contribution >= 4 is 29.3 Å². The van der Waals surface area contributed by atoms with Gasteiger partial charge in [0.1, 0.15) is 6.04 Å². The number of likely N-dealkylation sites (N-methyl/N-ethyl adjacent to an activating group) is 2. The fraction of sp³-hybridized carbons (Fsp3) is 0.455. The van der Waals surface area contributed by atoms with Gasteiger partial charge in [-0.15, -0.1) is 0 Å². The monoisotopic (exact) mass is 408 g/mol. The number of imide groups is 2. The zero-order valence-electron chi connectivity index (χ0n) is 16.9. The number of amides is 4. The van der Waals surface area contributed by atoms with Gasteiger partial charge in [-0.2, -0.15) is 0 Å². The van der Waals surface area contributed by atoms with Gasteiger partial charge >= 0.3 is 0 Å². The molecule has 2 aliphatic heterocycles. The summed E-state index contributed by atoms with van der Waals surface area (Å²) in [5.41, 5.74) is 1.49. The van der Waals surface area contributed by atoms with E-state index in [9.17, 15) is 19.2 Å². The van der Waals surface area contributed by atoms with E-state index in [4.69, 9.17) is 0 Å². The molecule has 0 aromatic heterocycles. The quantitative estimate of drug-likeness (QED) is 0.562. The van der Waals surface area contributed by atoms with Gasteiger partial charge in [-0.3, -0.25) is 29.4 Å². The van der Waals surface area contributed by atoms with E-state index >= 15 is 0 Å². The van der Waals surface area contributed by atoms with Crippen LogP contribution in [0.2, 0.25) is 0 Å². The minimum Gasteiger partial charge on any atom is -0.369 e. The number of anilines is 1. The number of carbonyl (C=O) groups excluding carboxylic acids is 4. The maximum absolute atomic E-state index is 13.1. The summed E-state index contributed by atoms with van der Waals surface area (Å²) in [5.74, 6) is -0.969. The Morgan fingerprint density at radius 2 is 1.80 bits per heavy atom. The number of benzene rings is 1. The Bertz CT molecular complexity index is 1000. The van der Waals surface area contributed by atoms with Crippen molar-refractivity contribution in [3.8, 4) is 0 Å². The van der Waals surface area contributed by atoms with E-state index in [2.05, 4.69) is 27.7 Å². The lowest BCUT2D eigenvalue weighted by atomic mass is 9.94. The van der Waals surface area contributed by atoms with Crippen LogP contribution in [0.1, 0.15) is 40.0 Å². The first-order valence-corrected chi connectivity index (χ1v) is 10.3. The average molecular weight is 408 g/mol. The molecule has 8 heteroatoms. The van der Waals surface area contributed by atoms with Gasteiger partial charge in [-0.25, -0.2) is 0 Å². The molecule has 4 aliphatic rings. The molecule has 0 spiro atoms. The Labute approximate surface area is 174 Å². The van der Waals surface area contributed by atoms with Crippen molar-refractivity contribution < 1.29 is 19.2 Å². The van der Waals surface area contributed by atoms with Crippen molar-refractivity contribution in [3.05, 3.63) is 41.5 Å². The van der Waals surface area contributed by atoms with Crippen molar-refractivity contribution in [1.29, 1.82) is 0 Å². The zero-order chi connectivity index (χ0) is 21.2. The van der Waals surface area contributed by atoms with E-state index in [1.807, 2.05) is 20.2 Å². The molecule has 8 nitrogen and oxygen atoms in total. The second-order valence-corrected chi connectivity index (χ2v) is 8.54. The Morgan fingerprint density at radius 1 is 1.07 bits per heavy atom. The molecular formula is C22H24N4O4. The minimum absolute atomic E-state index is 0.112. The number of hydrogen-bond acceptors (Lipinski definition) is 6. The van der Waals surface area contributed by atoms with Crippen LogP contribution in [0.4, 0.5) is 5.69 Å². The smallest absolute Gasteiger partial charge is 0.262 e. The van der Waals surface area contributed by atoms with Gasteiger partial charge in [-0.1, -0.05) is 12.2 Å². The van der Waals surface area contributed by atoms with E-state index in [1.54, 1.807) is 12.1 Å². The predicted octanol–water partition coefficient (Wildman–Crippen LogP) is 0.686. The number of nitrogens with one attached hydrogen (secondary N) is 2. The first kappa shape index (κ1) is 19.0. The highest BCUT2D eigenvalue weighted by Gasteiger charge is 2.47. The summed E-state index contributed by atoms with van der Waals surface area (Å²) in [4.78, 5) is 52.8. The molecule has 2 bridgehead atoms. The molecule has 2 fully saturated rings. The molecule has 1 saturated heterocycles. The normalized spacial score (nSPS) is 32.1. The molecule has 1 aromatic carbocycles. The summed E-state index contributed by atoms with van der Waals surface area (Å²) in [6.07, 6.45) is 5.93. The Balaban J connectivity index is 1.43. The van der Waals surface area contributed by atoms with Gasteiger partial charge < -0.3 is 10.2 Å². The predicted molar refractivity (Wildman–Crippen MR) is 109 cm³/mol. The van der Waals surface area contributed by atoms with Crippen LogP contribution in [-0.4, -0.2) is 60.7 Å². The summed E-state index contributed by atoms with van der Waals surface area (Å²) in [6.45, 7) is 0. The number of rotatable bonds is 4. The molecule has 5 atom stereocenters. The largest absolute Gasteiger partial charge is 0.369 e. The molecule has 5 rings (SSSR count). The van der Waals surface area contributed by atoms with Crippen molar-refractivity contribution in [2.75, 3.05) is 19.0 Å². The number of fused-ring (bicyclic) bond motifs is 3. The average Bonchev–Trinajstić information content (AvgIpc) is 3.41. The van der Waals surface area contributed by atoms with Crippen LogP contribution in [0.3, 0.4) is 0 Å². The van der Waals surface area contributed by atoms with Gasteiger partial charge in [0.15, 0.2) is 0 Å². The molecule has 30 heavy (non-hydrogen) atoms. The van der Waals surface area contributed by atoms with Gasteiger partial charge in [0.25, 0.3) is 11.8 Å². The summed E-state index contributed by atoms with van der Waals surface area (Å²) >= 11 is 0. The van der Waals surface area contributed by atoms with Gasteiger partial charge in [0.2, 0.25) is 11.8 Å². The lowest BCUT2D eigenvalue weighted by Gasteiger charge is -2.37. The Kier molecular flexibility index (Phi) is 4.28. The summed E-state index contributed by atoms with van der Waals surface area (Å²) < 4.78 is 0. The highest BCUT2D eigenvalue weighted by Crippen LogP contribution is 2.43. The molecule has 2 N–H and O–H groups in total. The maximum atomic E-state index is 13.1. The minimum atomic E-state index is -0.944. The third kappa shape index (κ3) is 2.63. The third-order valence-electron chi connectivity index (χ3n) is 7.03. The van der Waals surface area contributed by atoms with E-state index in [1.165, 1.54) is 0 Å². The van der Waals surface area contributed by atoms with Crippen molar-refractivity contribution in [2.24, 2.45) is 11.8 Å². The summed E-state index contributed by atoms with van der Waals surface area (Å²) in [5, 5.41) is 5.65. The third-order valence-corrected chi connectivity index (χ3v) is 7.03. The molecule has 0 radical (unpaired) electrons. The topological polar surface area (TPSA) is 98.8 Å². The number of carbonyl (C=O) groups is 4. The van der Waals surface area contributed by atoms with Crippen LogP contribution in [0.5, 0.6) is 0 Å². The first-order chi connectivity index (χ1) is 14.4. The lowest BCUT2D eigenvalue weighted by molar-refractivity contribution is -0.136. The molecule has 156 valence electrons. The molecular weight excluding hydrogens is 384 g/mol. The fourth-order valence-corrected chi connectivity index (χ4v) is 5.56. The van der Waals surface area contributed by atoms with Crippen LogP contribution in [0.25, 0.3) is 0 Å². The van der Waals surface area contributed by atoms with Crippen LogP contribution >= 0.6 is 0 Å². The van der Waals surface area contributed by atoms with E-state index in [0.717, 1.165) is 17.0 Å². The molecule has 2 aliphatic carbocycles.